The Morgan fingerprint density at radius 3 is 1.90 bits per heavy atom. The summed E-state index contributed by atoms with van der Waals surface area (Å²) >= 11 is 0. The van der Waals surface area contributed by atoms with Gasteiger partial charge in [-0.1, -0.05) is 0 Å². The van der Waals surface area contributed by atoms with Crippen LogP contribution in [0.2, 0.25) is 0 Å². The monoisotopic (exact) mass is 376 g/mol. The molecular weight excluding hydrogens is 345 g/mol. The van der Waals surface area contributed by atoms with E-state index in [9.17, 15) is 5.11 Å². The molecule has 2 unspecified atom stereocenters. The zero-order chi connectivity index (χ0) is 15.0. The molecule has 2 heterocycles. The average Bonchev–Trinajstić information content (AvgIpc) is 2.40. The van der Waals surface area contributed by atoms with E-state index in [1.54, 1.807) is 0 Å². The summed E-state index contributed by atoms with van der Waals surface area (Å²) in [6.07, 6.45) is 7.89. The second-order valence-corrected chi connectivity index (χ2v) is 6.33. The molecule has 2 fully saturated rings. The Labute approximate surface area is 155 Å². The Hall–Kier alpha value is 0.944. The molecule has 0 spiro atoms. The van der Waals surface area contributed by atoms with Gasteiger partial charge in [0, 0.05) is 45.9 Å². The first-order valence-corrected chi connectivity index (χ1v) is 7.82. The Morgan fingerprint density at radius 2 is 1.57 bits per heavy atom. The van der Waals surface area contributed by atoms with E-state index in [2.05, 4.69) is 0 Å². The minimum Gasteiger partial charge on any atom is -0.527 e. The van der Waals surface area contributed by atoms with Crippen LogP contribution in [0.15, 0.2) is 0 Å². The minimum absolute atomic E-state index is 0. The molecule has 0 aromatic rings. The zero-order valence-electron chi connectivity index (χ0n) is 14.1. The van der Waals surface area contributed by atoms with Gasteiger partial charge in [-0.05, 0) is 52.4 Å². The van der Waals surface area contributed by atoms with Crippen molar-refractivity contribution in [3.63, 3.8) is 0 Å². The van der Waals surface area contributed by atoms with Crippen molar-refractivity contribution < 1.29 is 52.0 Å². The van der Waals surface area contributed by atoms with Gasteiger partial charge < -0.3 is 19.3 Å². The van der Waals surface area contributed by atoms with Gasteiger partial charge in [-0.15, -0.1) is 0 Å². The maximum absolute atomic E-state index is 9.52. The Balaban J connectivity index is 0.000000364. The van der Waals surface area contributed by atoms with Crippen LogP contribution in [0.4, 0.5) is 0 Å². The van der Waals surface area contributed by atoms with Gasteiger partial charge in [0.1, 0.15) is 6.29 Å². The molecule has 2 aliphatic heterocycles. The van der Waals surface area contributed by atoms with Crippen molar-refractivity contribution in [2.24, 2.45) is 0 Å². The molecular formula is C16H31O4Y-. The Kier molecular flexibility index (Phi) is 12.0. The quantitative estimate of drug-likeness (QED) is 0.767. The van der Waals surface area contributed by atoms with E-state index in [1.165, 1.54) is 19.3 Å². The summed E-state index contributed by atoms with van der Waals surface area (Å²) in [5.74, 6) is 0. The van der Waals surface area contributed by atoms with Crippen molar-refractivity contribution in [2.45, 2.75) is 84.2 Å². The van der Waals surface area contributed by atoms with Crippen LogP contribution in [0.1, 0.15) is 66.2 Å². The predicted octanol–water partition coefficient (Wildman–Crippen LogP) is 3.43. The maximum Gasteiger partial charge on any atom is 0.128 e. The molecule has 1 radical (unpaired) electrons. The predicted molar refractivity (Wildman–Crippen MR) is 79.2 cm³/mol. The Morgan fingerprint density at radius 1 is 1.00 bits per heavy atom. The van der Waals surface area contributed by atoms with Gasteiger partial charge in [0.2, 0.25) is 0 Å². The second-order valence-electron chi connectivity index (χ2n) is 6.33. The van der Waals surface area contributed by atoms with Crippen molar-refractivity contribution in [3.05, 3.63) is 6.10 Å². The first kappa shape index (κ1) is 21.9. The second kappa shape index (κ2) is 11.5. The zero-order valence-corrected chi connectivity index (χ0v) is 16.9. The molecule has 0 aliphatic carbocycles. The number of ether oxygens (including phenoxy) is 3. The van der Waals surface area contributed by atoms with Gasteiger partial charge in [-0.25, -0.2) is 6.10 Å². The Bertz CT molecular complexity index is 241. The number of aliphatic hydroxyl groups is 1. The van der Waals surface area contributed by atoms with E-state index in [4.69, 9.17) is 14.2 Å². The van der Waals surface area contributed by atoms with Gasteiger partial charge in [0.05, 0.1) is 11.7 Å². The van der Waals surface area contributed by atoms with Gasteiger partial charge in [0.25, 0.3) is 0 Å². The molecule has 2 atom stereocenters. The first-order chi connectivity index (χ1) is 9.39. The fourth-order valence-electron chi connectivity index (χ4n) is 2.36. The molecule has 4 nitrogen and oxygen atoms in total. The van der Waals surface area contributed by atoms with Crippen molar-refractivity contribution in [1.82, 2.24) is 0 Å². The summed E-state index contributed by atoms with van der Waals surface area (Å²) in [7, 11) is 0. The van der Waals surface area contributed by atoms with Crippen LogP contribution in [0.5, 0.6) is 0 Å². The summed E-state index contributed by atoms with van der Waals surface area (Å²) < 4.78 is 16.1. The maximum atomic E-state index is 9.52. The molecule has 123 valence electrons. The van der Waals surface area contributed by atoms with Crippen molar-refractivity contribution in [3.8, 4) is 0 Å². The standard InChI is InChI=1S/C8H16O2.C8H15O2.Y/c1-8(2,9)7-5-3-4-6-10-7;1-7(2)10-8-5-3-4-6-9-8;/h7,9H,3-6H2,1-2H3;8H,3-6H2,1-2H3;/q;-1;. The fraction of sp³-hybridized carbons (Fsp3) is 0.938. The van der Waals surface area contributed by atoms with Crippen LogP contribution >= 0.6 is 0 Å². The molecule has 0 bridgehead atoms. The molecule has 1 N–H and O–H groups in total. The molecule has 21 heavy (non-hydrogen) atoms. The van der Waals surface area contributed by atoms with Crippen LogP contribution in [-0.4, -0.2) is 36.3 Å². The van der Waals surface area contributed by atoms with E-state index >= 15 is 0 Å². The van der Waals surface area contributed by atoms with Crippen LogP contribution in [0.25, 0.3) is 0 Å². The van der Waals surface area contributed by atoms with Crippen LogP contribution in [0, 0.1) is 6.10 Å². The van der Waals surface area contributed by atoms with Gasteiger partial charge in [-0.2, -0.15) is 13.8 Å². The normalized spacial score (nSPS) is 26.6. The van der Waals surface area contributed by atoms with E-state index in [0.717, 1.165) is 38.6 Å². The number of hydrogen-bond acceptors (Lipinski definition) is 4. The third kappa shape index (κ3) is 10.4. The summed E-state index contributed by atoms with van der Waals surface area (Å²) in [5.41, 5.74) is -0.652. The molecule has 0 saturated carbocycles. The van der Waals surface area contributed by atoms with Gasteiger partial charge >= 0.3 is 0 Å². The summed E-state index contributed by atoms with van der Waals surface area (Å²) in [5, 5.41) is 9.52. The molecule has 0 aromatic carbocycles. The number of hydrogen-bond donors (Lipinski definition) is 1. The smallest absolute Gasteiger partial charge is 0.128 e. The first-order valence-electron chi connectivity index (χ1n) is 7.82. The van der Waals surface area contributed by atoms with E-state index in [0.29, 0.717) is 0 Å². The van der Waals surface area contributed by atoms with E-state index < -0.39 is 5.60 Å². The van der Waals surface area contributed by atoms with Gasteiger partial charge in [-0.3, -0.25) is 0 Å². The fourth-order valence-corrected chi connectivity index (χ4v) is 2.36. The molecule has 5 heteroatoms. The van der Waals surface area contributed by atoms with Gasteiger partial charge in [0.15, 0.2) is 0 Å². The van der Waals surface area contributed by atoms with Crippen molar-refractivity contribution in [1.29, 1.82) is 0 Å². The van der Waals surface area contributed by atoms with Crippen molar-refractivity contribution >= 4 is 0 Å². The molecule has 2 saturated heterocycles. The molecule has 0 aromatic heterocycles. The van der Waals surface area contributed by atoms with Crippen LogP contribution in [-0.2, 0) is 46.9 Å². The molecule has 0 amide bonds. The van der Waals surface area contributed by atoms with E-state index in [1.807, 2.05) is 27.7 Å². The third-order valence-corrected chi connectivity index (χ3v) is 3.47. The number of rotatable bonds is 3. The average molecular weight is 376 g/mol. The third-order valence-electron chi connectivity index (χ3n) is 3.47. The summed E-state index contributed by atoms with van der Waals surface area (Å²) in [6, 6.07) is 0. The molecule has 2 aliphatic rings. The largest absolute Gasteiger partial charge is 0.527 e. The van der Waals surface area contributed by atoms with Crippen LogP contribution < -0.4 is 0 Å². The summed E-state index contributed by atoms with van der Waals surface area (Å²) in [4.78, 5) is 0. The van der Waals surface area contributed by atoms with E-state index in [-0.39, 0.29) is 45.1 Å². The molecule has 2 rings (SSSR count). The summed E-state index contributed by atoms with van der Waals surface area (Å²) in [6.45, 7) is 9.20. The van der Waals surface area contributed by atoms with Crippen LogP contribution in [0.3, 0.4) is 0 Å². The topological polar surface area (TPSA) is 47.9 Å². The van der Waals surface area contributed by atoms with Crippen molar-refractivity contribution in [2.75, 3.05) is 13.2 Å². The SMILES string of the molecule is CC(C)(O)C1CCCCO1.C[C-](C)OC1CCCCO1.[Y]. The minimum atomic E-state index is -0.652.